The Morgan fingerprint density at radius 3 is 2.68 bits per heavy atom. The Bertz CT molecular complexity index is 1200. The third-order valence-corrected chi connectivity index (χ3v) is 6.64. The average molecular weight is 438 g/mol. The van der Waals surface area contributed by atoms with Crippen LogP contribution in [0.4, 0.5) is 5.69 Å². The summed E-state index contributed by atoms with van der Waals surface area (Å²) in [6.45, 7) is 3.99. The third kappa shape index (κ3) is 3.98. The summed E-state index contributed by atoms with van der Waals surface area (Å²) in [6, 6.07) is 8.95. The number of thiazole rings is 1. The molecule has 0 saturated carbocycles. The molecule has 0 atom stereocenters. The van der Waals surface area contributed by atoms with E-state index >= 15 is 0 Å². The number of hydrogen-bond donors (Lipinski definition) is 0. The van der Waals surface area contributed by atoms with Crippen LogP contribution >= 0.6 is 11.3 Å². The maximum absolute atomic E-state index is 13.0. The Balaban J connectivity index is 1.22. The van der Waals surface area contributed by atoms with E-state index in [1.807, 2.05) is 34.5 Å². The molecule has 0 bridgehead atoms. The molecule has 0 radical (unpaired) electrons. The summed E-state index contributed by atoms with van der Waals surface area (Å²) < 4.78 is 1.55. The van der Waals surface area contributed by atoms with Crippen molar-refractivity contribution in [3.05, 3.63) is 63.5 Å². The van der Waals surface area contributed by atoms with E-state index in [1.54, 1.807) is 21.6 Å². The summed E-state index contributed by atoms with van der Waals surface area (Å²) in [7, 11) is 0. The van der Waals surface area contributed by atoms with Crippen LogP contribution in [-0.4, -0.2) is 63.7 Å². The molecule has 1 aromatic carbocycles. The zero-order chi connectivity index (χ0) is 21.4. The van der Waals surface area contributed by atoms with Gasteiger partial charge in [-0.05, 0) is 24.6 Å². The van der Waals surface area contributed by atoms with Crippen molar-refractivity contribution in [2.75, 3.05) is 37.6 Å². The number of rotatable bonds is 4. The third-order valence-electron chi connectivity index (χ3n) is 5.88. The monoisotopic (exact) mass is 437 g/mol. The molecule has 2 amide bonds. The molecule has 2 aliphatic heterocycles. The van der Waals surface area contributed by atoms with Crippen molar-refractivity contribution in [3.63, 3.8) is 0 Å². The maximum Gasteiger partial charge on any atom is 0.258 e. The summed E-state index contributed by atoms with van der Waals surface area (Å²) in [5.41, 5.74) is 2.11. The highest BCUT2D eigenvalue weighted by Gasteiger charge is 2.25. The predicted octanol–water partition coefficient (Wildman–Crippen LogP) is 1.84. The highest BCUT2D eigenvalue weighted by atomic mass is 32.1. The van der Waals surface area contributed by atoms with Crippen molar-refractivity contribution in [1.29, 1.82) is 0 Å². The van der Waals surface area contributed by atoms with Gasteiger partial charge in [-0.1, -0.05) is 6.07 Å². The Labute approximate surface area is 183 Å². The first-order valence-corrected chi connectivity index (χ1v) is 11.3. The normalized spacial score (nSPS) is 17.6. The number of carbonyl (C=O) groups is 2. The van der Waals surface area contributed by atoms with Gasteiger partial charge in [0.05, 0.1) is 5.69 Å². The van der Waals surface area contributed by atoms with Gasteiger partial charge >= 0.3 is 0 Å². The molecule has 5 rings (SSSR count). The van der Waals surface area contributed by atoms with Crippen LogP contribution in [0.25, 0.3) is 4.96 Å². The number of nitrogens with zero attached hydrogens (tertiary/aromatic N) is 5. The molecule has 31 heavy (non-hydrogen) atoms. The number of piperazine rings is 1. The lowest BCUT2D eigenvalue weighted by atomic mass is 10.1. The van der Waals surface area contributed by atoms with E-state index < -0.39 is 0 Å². The van der Waals surface area contributed by atoms with E-state index in [-0.39, 0.29) is 17.4 Å². The van der Waals surface area contributed by atoms with E-state index in [4.69, 9.17) is 0 Å². The standard InChI is InChI=1S/C22H23N5O3S/c28-19-5-2-6-26(19)18-4-1-3-16(13-18)21(30)25-9-7-24(8-10-25)15-17-14-20(29)27-11-12-31-22(27)23-17/h1,3-4,11-14H,2,5-10,15H2. The molecule has 4 heterocycles. The summed E-state index contributed by atoms with van der Waals surface area (Å²) in [5, 5.41) is 1.85. The molecule has 0 aliphatic carbocycles. The number of amides is 2. The van der Waals surface area contributed by atoms with Gasteiger partial charge in [0.25, 0.3) is 11.5 Å². The van der Waals surface area contributed by atoms with Gasteiger partial charge in [0.15, 0.2) is 4.96 Å². The van der Waals surface area contributed by atoms with Crippen LogP contribution in [0.15, 0.2) is 46.7 Å². The van der Waals surface area contributed by atoms with Crippen LogP contribution in [0.2, 0.25) is 0 Å². The van der Waals surface area contributed by atoms with E-state index in [0.717, 1.165) is 30.9 Å². The minimum atomic E-state index is -0.0635. The first-order chi connectivity index (χ1) is 15.1. The summed E-state index contributed by atoms with van der Waals surface area (Å²) in [6.07, 6.45) is 3.17. The molecular formula is C22H23N5O3S. The number of hydrogen-bond acceptors (Lipinski definition) is 6. The van der Waals surface area contributed by atoms with E-state index in [2.05, 4.69) is 9.88 Å². The van der Waals surface area contributed by atoms with Crippen molar-refractivity contribution in [2.24, 2.45) is 0 Å². The number of carbonyl (C=O) groups excluding carboxylic acids is 2. The van der Waals surface area contributed by atoms with Gasteiger partial charge in [0, 0.05) is 74.6 Å². The minimum absolute atomic E-state index is 0.00970. The van der Waals surface area contributed by atoms with E-state index in [0.29, 0.717) is 43.1 Å². The fourth-order valence-corrected chi connectivity index (χ4v) is 4.96. The zero-order valence-corrected chi connectivity index (χ0v) is 17.9. The number of anilines is 1. The lowest BCUT2D eigenvalue weighted by Crippen LogP contribution is -2.48. The molecule has 8 nitrogen and oxygen atoms in total. The molecule has 160 valence electrons. The molecule has 0 spiro atoms. The van der Waals surface area contributed by atoms with E-state index in [1.165, 1.54) is 11.3 Å². The largest absolute Gasteiger partial charge is 0.336 e. The molecule has 2 aromatic heterocycles. The quantitative estimate of drug-likeness (QED) is 0.623. The zero-order valence-electron chi connectivity index (χ0n) is 17.1. The first-order valence-electron chi connectivity index (χ1n) is 10.5. The highest BCUT2D eigenvalue weighted by Crippen LogP contribution is 2.23. The lowest BCUT2D eigenvalue weighted by molar-refractivity contribution is -0.117. The Morgan fingerprint density at radius 2 is 1.90 bits per heavy atom. The van der Waals surface area contributed by atoms with Gasteiger partial charge in [-0.3, -0.25) is 23.7 Å². The van der Waals surface area contributed by atoms with Gasteiger partial charge in [-0.15, -0.1) is 11.3 Å². The Kier molecular flexibility index (Phi) is 5.29. The maximum atomic E-state index is 13.0. The molecule has 0 unspecified atom stereocenters. The van der Waals surface area contributed by atoms with Crippen LogP contribution < -0.4 is 10.5 Å². The Hall–Kier alpha value is -3.04. The Morgan fingerprint density at radius 1 is 1.06 bits per heavy atom. The summed E-state index contributed by atoms with van der Waals surface area (Å²) >= 11 is 1.45. The van der Waals surface area contributed by atoms with Gasteiger partial charge in [0.1, 0.15) is 0 Å². The van der Waals surface area contributed by atoms with Gasteiger partial charge in [-0.2, -0.15) is 0 Å². The van der Waals surface area contributed by atoms with Gasteiger partial charge < -0.3 is 9.80 Å². The fraction of sp³-hybridized carbons (Fsp3) is 0.364. The van der Waals surface area contributed by atoms with Gasteiger partial charge in [0.2, 0.25) is 5.91 Å². The number of benzene rings is 1. The van der Waals surface area contributed by atoms with Crippen LogP contribution in [0.1, 0.15) is 28.9 Å². The average Bonchev–Trinajstić information content (AvgIpc) is 3.43. The van der Waals surface area contributed by atoms with Crippen molar-refractivity contribution >= 4 is 33.8 Å². The van der Waals surface area contributed by atoms with Crippen LogP contribution in [0, 0.1) is 0 Å². The van der Waals surface area contributed by atoms with Crippen LogP contribution in [-0.2, 0) is 11.3 Å². The second kappa shape index (κ2) is 8.24. The van der Waals surface area contributed by atoms with Crippen molar-refractivity contribution in [3.8, 4) is 0 Å². The smallest absolute Gasteiger partial charge is 0.258 e. The van der Waals surface area contributed by atoms with Crippen LogP contribution in [0.3, 0.4) is 0 Å². The second-order valence-electron chi connectivity index (χ2n) is 7.91. The second-order valence-corrected chi connectivity index (χ2v) is 8.78. The fourth-order valence-electron chi connectivity index (χ4n) is 4.22. The molecule has 2 fully saturated rings. The van der Waals surface area contributed by atoms with E-state index in [9.17, 15) is 14.4 Å². The first kappa shape index (κ1) is 19.9. The van der Waals surface area contributed by atoms with Gasteiger partial charge in [-0.25, -0.2) is 4.98 Å². The molecule has 3 aromatic rings. The molecule has 2 saturated heterocycles. The molecule has 0 N–H and O–H groups in total. The molecular weight excluding hydrogens is 414 g/mol. The topological polar surface area (TPSA) is 78.2 Å². The molecule has 2 aliphatic rings. The predicted molar refractivity (Wildman–Crippen MR) is 119 cm³/mol. The number of aromatic nitrogens is 2. The number of fused-ring (bicyclic) bond motifs is 1. The summed E-state index contributed by atoms with van der Waals surface area (Å²) in [4.78, 5) is 48.3. The van der Waals surface area contributed by atoms with Crippen LogP contribution in [0.5, 0.6) is 0 Å². The summed E-state index contributed by atoms with van der Waals surface area (Å²) in [5.74, 6) is 0.108. The highest BCUT2D eigenvalue weighted by molar-refractivity contribution is 7.15. The molecule has 9 heteroatoms. The lowest BCUT2D eigenvalue weighted by Gasteiger charge is -2.34. The SMILES string of the molecule is O=C(c1cccc(N2CCCC2=O)c1)N1CCN(Cc2cc(=O)n3ccsc3n2)CC1. The minimum Gasteiger partial charge on any atom is -0.336 e. The van der Waals surface area contributed by atoms with Crippen molar-refractivity contribution in [2.45, 2.75) is 19.4 Å². The van der Waals surface area contributed by atoms with Crippen molar-refractivity contribution in [1.82, 2.24) is 19.2 Å². The van der Waals surface area contributed by atoms with Crippen molar-refractivity contribution < 1.29 is 9.59 Å².